The van der Waals surface area contributed by atoms with E-state index in [-0.39, 0.29) is 24.0 Å². The molecule has 47 heavy (non-hydrogen) atoms. The lowest BCUT2D eigenvalue weighted by Crippen LogP contribution is -2.15. The standard InChI is InChI=1S/C21H27N3O4S.C8H10.2C2H6.C2H2.CH4O.CH5P/c1-2-5-20(26)18(7-4-11-25)12-16-6-3-8-19(13-16)24-29(27,28)21-10-9-17(14-22)15-23-21;1-2-8-6-4-3-5-7-8;5*1-2/h3,6-10,13,15,24-25H,2,4-5,11-12,14,22H2,1H3;3-7H,2H2,1H3;2*1-2H3;1-2H;2H,1H3;2H2,1H3/b18-7-;;;;;;. The highest BCUT2D eigenvalue weighted by Gasteiger charge is 2.16. The Hall–Kier alpha value is -3.38. The van der Waals surface area contributed by atoms with Gasteiger partial charge >= 0.3 is 0 Å². The summed E-state index contributed by atoms with van der Waals surface area (Å²) in [5, 5.41) is 16.0. The Morgan fingerprint density at radius 1 is 0.915 bits per heavy atom. The molecule has 1 aromatic heterocycles. The first kappa shape index (κ1) is 50.5. The van der Waals surface area contributed by atoms with Gasteiger partial charge in [0.2, 0.25) is 0 Å². The number of nitrogens with two attached hydrogens (primary N) is 1. The van der Waals surface area contributed by atoms with Crippen LogP contribution < -0.4 is 10.5 Å². The molecule has 1 unspecified atom stereocenters. The van der Waals surface area contributed by atoms with Gasteiger partial charge in [-0.3, -0.25) is 9.52 Å². The minimum absolute atomic E-state index is 0.0291. The number of sulfonamides is 1. The zero-order valence-electron chi connectivity index (χ0n) is 29.7. The van der Waals surface area contributed by atoms with Crippen molar-refractivity contribution in [1.82, 2.24) is 4.98 Å². The Labute approximate surface area is 288 Å². The first-order valence-electron chi connectivity index (χ1n) is 15.8. The molecule has 264 valence electrons. The second-order valence-corrected chi connectivity index (χ2v) is 10.1. The number of aryl methyl sites for hydroxylation is 1. The topological polar surface area (TPSA) is 143 Å². The number of hydrogen-bond donors (Lipinski definition) is 4. The minimum atomic E-state index is -3.84. The fraction of sp³-hybridized carbons (Fsp3) is 0.405. The van der Waals surface area contributed by atoms with Crippen LogP contribution in [0, 0.1) is 12.8 Å². The summed E-state index contributed by atoms with van der Waals surface area (Å²) in [5.41, 5.74) is 9.47. The summed E-state index contributed by atoms with van der Waals surface area (Å²) in [5.74, 6) is 0.0381. The normalized spacial score (nSPS) is 9.53. The lowest BCUT2D eigenvalue weighted by Gasteiger charge is -2.11. The molecule has 8 nitrogen and oxygen atoms in total. The SMILES string of the molecule is C#C.CC.CC.CCCC(=O)/C(=C\CCO)Cc1cccc(NS(=O)(=O)c2ccc(CN)cn2)c1.CCc1ccccc1.CO.CP. The summed E-state index contributed by atoms with van der Waals surface area (Å²) in [6, 6.07) is 20.4. The van der Waals surface area contributed by atoms with Crippen LogP contribution in [0.4, 0.5) is 5.69 Å². The number of aromatic nitrogens is 1. The van der Waals surface area contributed by atoms with Crippen molar-refractivity contribution in [2.24, 2.45) is 5.73 Å². The summed E-state index contributed by atoms with van der Waals surface area (Å²) in [4.78, 5) is 16.3. The molecule has 0 aliphatic rings. The predicted octanol–water partition coefficient (Wildman–Crippen LogP) is 7.21. The summed E-state index contributed by atoms with van der Waals surface area (Å²) in [6.45, 7) is 14.3. The van der Waals surface area contributed by atoms with Crippen molar-refractivity contribution in [2.75, 3.05) is 25.1 Å². The Balaban J connectivity index is -0.000000426. The zero-order chi connectivity index (χ0) is 37.1. The van der Waals surface area contributed by atoms with E-state index in [0.29, 0.717) is 30.5 Å². The maximum absolute atomic E-state index is 12.6. The number of aliphatic hydroxyl groups excluding tert-OH is 2. The monoisotopic (exact) mass is 689 g/mol. The summed E-state index contributed by atoms with van der Waals surface area (Å²) in [7, 11) is -0.423. The molecule has 0 aliphatic heterocycles. The number of Topliss-reactive ketones (excluding diaryl/α,β-unsaturated/α-hetero) is 1. The fourth-order valence-electron chi connectivity index (χ4n) is 3.49. The van der Waals surface area contributed by atoms with E-state index in [4.69, 9.17) is 15.9 Å². The molecule has 0 saturated heterocycles. The van der Waals surface area contributed by atoms with Crippen LogP contribution in [0.1, 0.15) is 77.5 Å². The highest BCUT2D eigenvalue weighted by molar-refractivity contribution is 7.92. The van der Waals surface area contributed by atoms with Crippen LogP contribution in [0.3, 0.4) is 0 Å². The van der Waals surface area contributed by atoms with Gasteiger partial charge in [-0.05, 0) is 59.7 Å². The van der Waals surface area contributed by atoms with Crippen LogP contribution in [0.2, 0.25) is 0 Å². The molecular formula is C37H60N3O5PS. The van der Waals surface area contributed by atoms with Gasteiger partial charge < -0.3 is 15.9 Å². The number of ketones is 1. The lowest BCUT2D eigenvalue weighted by molar-refractivity contribution is -0.115. The van der Waals surface area contributed by atoms with Crippen molar-refractivity contribution in [3.05, 3.63) is 101 Å². The van der Waals surface area contributed by atoms with Crippen molar-refractivity contribution in [3.63, 3.8) is 0 Å². The average molecular weight is 690 g/mol. The second-order valence-electron chi connectivity index (χ2n) is 8.45. The number of terminal acetylenes is 1. The van der Waals surface area contributed by atoms with Crippen LogP contribution in [-0.2, 0) is 34.2 Å². The largest absolute Gasteiger partial charge is 0.400 e. The maximum Gasteiger partial charge on any atom is 0.279 e. The molecule has 0 spiro atoms. The first-order chi connectivity index (χ1) is 22.8. The quantitative estimate of drug-likeness (QED) is 0.0894. The molecule has 3 aromatic rings. The van der Waals surface area contributed by atoms with E-state index in [1.807, 2.05) is 53.4 Å². The van der Waals surface area contributed by atoms with Gasteiger partial charge in [0, 0.05) is 45.0 Å². The third-order valence-electron chi connectivity index (χ3n) is 5.49. The average Bonchev–Trinajstić information content (AvgIpc) is 3.15. The number of allylic oxidation sites excluding steroid dienone is 1. The van der Waals surface area contributed by atoms with Gasteiger partial charge in [-0.15, -0.1) is 22.1 Å². The predicted molar refractivity (Wildman–Crippen MR) is 205 cm³/mol. The zero-order valence-corrected chi connectivity index (χ0v) is 31.7. The van der Waals surface area contributed by atoms with Crippen molar-refractivity contribution in [1.29, 1.82) is 0 Å². The summed E-state index contributed by atoms with van der Waals surface area (Å²) >= 11 is 0. The van der Waals surface area contributed by atoms with Gasteiger partial charge in [0.15, 0.2) is 10.8 Å². The third-order valence-corrected chi connectivity index (χ3v) is 6.79. The van der Waals surface area contributed by atoms with Gasteiger partial charge in [-0.25, -0.2) is 4.98 Å². The van der Waals surface area contributed by atoms with E-state index in [1.54, 1.807) is 30.3 Å². The molecule has 5 N–H and O–H groups in total. The number of carbonyl (C=O) groups excluding carboxylic acids is 1. The Kier molecular flexibility index (Phi) is 38.1. The number of benzene rings is 2. The number of carbonyl (C=O) groups is 1. The Morgan fingerprint density at radius 3 is 1.94 bits per heavy atom. The molecule has 3 rings (SSSR count). The third kappa shape index (κ3) is 23.6. The number of rotatable bonds is 12. The molecule has 0 fully saturated rings. The van der Waals surface area contributed by atoms with E-state index < -0.39 is 10.0 Å². The highest BCUT2D eigenvalue weighted by Crippen LogP contribution is 2.19. The highest BCUT2D eigenvalue weighted by atomic mass is 32.2. The van der Waals surface area contributed by atoms with Crippen molar-refractivity contribution >= 4 is 30.7 Å². The van der Waals surface area contributed by atoms with Crippen molar-refractivity contribution in [2.45, 2.75) is 85.2 Å². The first-order valence-corrected chi connectivity index (χ1v) is 18.5. The van der Waals surface area contributed by atoms with Gasteiger partial charge in [0.25, 0.3) is 10.0 Å². The van der Waals surface area contributed by atoms with E-state index in [1.165, 1.54) is 17.8 Å². The molecule has 0 aliphatic carbocycles. The Morgan fingerprint density at radius 2 is 1.49 bits per heavy atom. The van der Waals surface area contributed by atoms with E-state index >= 15 is 0 Å². The Bertz CT molecular complexity index is 1300. The van der Waals surface area contributed by atoms with Crippen LogP contribution in [-0.4, -0.2) is 49.8 Å². The van der Waals surface area contributed by atoms with E-state index in [2.05, 4.69) is 63.0 Å². The molecular weight excluding hydrogens is 629 g/mol. The molecule has 1 atom stereocenters. The second kappa shape index (κ2) is 35.5. The van der Waals surface area contributed by atoms with Crippen LogP contribution in [0.5, 0.6) is 0 Å². The molecule has 0 radical (unpaired) electrons. The van der Waals surface area contributed by atoms with Crippen LogP contribution in [0.25, 0.3) is 0 Å². The van der Waals surface area contributed by atoms with Crippen molar-refractivity contribution in [3.8, 4) is 12.8 Å². The molecule has 10 heteroatoms. The van der Waals surface area contributed by atoms with Gasteiger partial charge in [0.05, 0.1) is 0 Å². The molecule has 0 saturated carbocycles. The smallest absolute Gasteiger partial charge is 0.279 e. The maximum atomic E-state index is 12.6. The van der Waals surface area contributed by atoms with Crippen molar-refractivity contribution < 1.29 is 23.4 Å². The number of aliphatic hydroxyl groups is 2. The van der Waals surface area contributed by atoms with Gasteiger partial charge in [0.1, 0.15) is 0 Å². The number of nitrogens with zero attached hydrogens (tertiary/aromatic N) is 1. The van der Waals surface area contributed by atoms with Crippen LogP contribution in [0.15, 0.2) is 89.6 Å². The van der Waals surface area contributed by atoms with E-state index in [9.17, 15) is 13.2 Å². The summed E-state index contributed by atoms with van der Waals surface area (Å²) in [6.07, 6.45) is 14.3. The number of nitrogens with one attached hydrogen (secondary N) is 1. The van der Waals surface area contributed by atoms with Crippen LogP contribution >= 0.6 is 9.24 Å². The van der Waals surface area contributed by atoms with Gasteiger partial charge in [-0.2, -0.15) is 8.42 Å². The summed E-state index contributed by atoms with van der Waals surface area (Å²) < 4.78 is 27.7. The van der Waals surface area contributed by atoms with E-state index in [0.717, 1.165) is 31.1 Å². The number of hydrogen-bond acceptors (Lipinski definition) is 7. The lowest BCUT2D eigenvalue weighted by atomic mass is 9.98. The number of pyridine rings is 1. The van der Waals surface area contributed by atoms with Gasteiger partial charge in [-0.1, -0.05) is 103 Å². The molecule has 0 amide bonds. The molecule has 0 bridgehead atoms. The minimum Gasteiger partial charge on any atom is -0.400 e. The number of anilines is 1. The molecule has 2 aromatic carbocycles. The molecule has 1 heterocycles. The fourth-order valence-corrected chi connectivity index (χ4v) is 4.47.